The molecule has 58 heavy (non-hydrogen) atoms. The van der Waals surface area contributed by atoms with Crippen molar-refractivity contribution in [3.8, 4) is 39.1 Å². The number of fused-ring (bicyclic) bond motifs is 6. The molecule has 0 N–H and O–H groups in total. The molecular formula is C56H38N2. The average Bonchev–Trinajstić information content (AvgIpc) is 3.64. The molecule has 0 amide bonds. The van der Waals surface area contributed by atoms with Crippen LogP contribution in [-0.2, 0) is 0 Å². The summed E-state index contributed by atoms with van der Waals surface area (Å²) in [4.78, 5) is 2.46. The minimum absolute atomic E-state index is 1.09. The number of aromatic nitrogens is 1. The van der Waals surface area contributed by atoms with Crippen molar-refractivity contribution in [2.45, 2.75) is 0 Å². The standard InChI is InChI=1S/C56H38N2/c1-3-17-39(18-4-1)40-19-15-20-41(37-40)42-21-16-22-43(38-42)55-51-29-9-7-25-47(51)48-26-8-10-30-52(48)56(55)57(44-23-5-2-6-24-44)45-33-35-46(36-34-45)58-53-31-13-11-27-49(53)50-28-12-14-32-54(50)58/h1-38H. The quantitative estimate of drug-likeness (QED) is 0.148. The zero-order valence-electron chi connectivity index (χ0n) is 31.8. The monoisotopic (exact) mass is 738 g/mol. The lowest BCUT2D eigenvalue weighted by molar-refractivity contribution is 1.17. The second kappa shape index (κ2) is 14.1. The SMILES string of the molecule is c1ccc(-c2cccc(-c3cccc(-c4c(N(c5ccccc5)c5ccc(-n6c7ccccc7c7ccccc76)cc5)c5ccccc5c5ccccc45)c3)c2)cc1. The molecule has 0 saturated heterocycles. The molecule has 0 aliphatic heterocycles. The zero-order chi connectivity index (χ0) is 38.4. The molecule has 11 aromatic rings. The van der Waals surface area contributed by atoms with Crippen molar-refractivity contribution < 1.29 is 0 Å². The molecule has 0 saturated carbocycles. The van der Waals surface area contributed by atoms with Crippen LogP contribution in [0.4, 0.5) is 17.1 Å². The molecule has 0 unspecified atom stereocenters. The molecule has 0 aliphatic carbocycles. The second-order valence-electron chi connectivity index (χ2n) is 14.9. The largest absolute Gasteiger partial charge is 0.309 e. The normalized spacial score (nSPS) is 11.4. The van der Waals surface area contributed by atoms with Crippen molar-refractivity contribution in [2.75, 3.05) is 4.90 Å². The maximum Gasteiger partial charge on any atom is 0.0624 e. The van der Waals surface area contributed by atoms with Crippen molar-refractivity contribution in [2.24, 2.45) is 0 Å². The van der Waals surface area contributed by atoms with Gasteiger partial charge >= 0.3 is 0 Å². The summed E-state index contributed by atoms with van der Waals surface area (Å²) in [6, 6.07) is 83.7. The summed E-state index contributed by atoms with van der Waals surface area (Å²) in [5.74, 6) is 0. The Morgan fingerprint density at radius 2 is 0.690 bits per heavy atom. The van der Waals surface area contributed by atoms with Crippen LogP contribution in [0.1, 0.15) is 0 Å². The lowest BCUT2D eigenvalue weighted by Crippen LogP contribution is -2.12. The molecule has 1 aromatic heterocycles. The van der Waals surface area contributed by atoms with Gasteiger partial charge in [0.1, 0.15) is 0 Å². The minimum atomic E-state index is 1.09. The van der Waals surface area contributed by atoms with Gasteiger partial charge in [0, 0.05) is 38.8 Å². The third-order valence-electron chi connectivity index (χ3n) is 11.5. The van der Waals surface area contributed by atoms with E-state index in [1.54, 1.807) is 0 Å². The van der Waals surface area contributed by atoms with E-state index in [0.29, 0.717) is 0 Å². The van der Waals surface area contributed by atoms with Gasteiger partial charge in [-0.3, -0.25) is 0 Å². The summed E-state index contributed by atoms with van der Waals surface area (Å²) in [5.41, 5.74) is 14.0. The van der Waals surface area contributed by atoms with E-state index in [1.807, 2.05) is 0 Å². The van der Waals surface area contributed by atoms with Crippen LogP contribution < -0.4 is 4.90 Å². The number of nitrogens with zero attached hydrogens (tertiary/aromatic N) is 2. The Morgan fingerprint density at radius 3 is 1.31 bits per heavy atom. The number of benzene rings is 10. The van der Waals surface area contributed by atoms with E-state index in [2.05, 4.69) is 240 Å². The maximum absolute atomic E-state index is 2.46. The molecule has 11 rings (SSSR count). The fourth-order valence-electron chi connectivity index (χ4n) is 8.95. The van der Waals surface area contributed by atoms with Crippen molar-refractivity contribution >= 4 is 60.4 Å². The van der Waals surface area contributed by atoms with Gasteiger partial charge in [0.05, 0.1) is 16.7 Å². The van der Waals surface area contributed by atoms with E-state index in [-0.39, 0.29) is 0 Å². The molecule has 10 aromatic carbocycles. The van der Waals surface area contributed by atoms with Crippen LogP contribution in [0.25, 0.3) is 82.4 Å². The highest BCUT2D eigenvalue weighted by Crippen LogP contribution is 2.50. The fraction of sp³-hybridized carbons (Fsp3) is 0. The van der Waals surface area contributed by atoms with E-state index in [1.165, 1.54) is 76.7 Å². The first kappa shape index (κ1) is 33.6. The highest BCUT2D eigenvalue weighted by Gasteiger charge is 2.24. The molecule has 0 fully saturated rings. The molecule has 2 heteroatoms. The molecule has 272 valence electrons. The molecule has 0 radical (unpaired) electrons. The van der Waals surface area contributed by atoms with E-state index < -0.39 is 0 Å². The number of anilines is 3. The summed E-state index contributed by atoms with van der Waals surface area (Å²) in [6.45, 7) is 0. The highest BCUT2D eigenvalue weighted by molar-refractivity contribution is 6.22. The summed E-state index contributed by atoms with van der Waals surface area (Å²) in [5, 5.41) is 7.40. The summed E-state index contributed by atoms with van der Waals surface area (Å²) in [6.07, 6.45) is 0. The van der Waals surface area contributed by atoms with Crippen molar-refractivity contribution in [3.63, 3.8) is 0 Å². The Labute approximate surface area is 338 Å². The van der Waals surface area contributed by atoms with Crippen molar-refractivity contribution in [1.82, 2.24) is 4.57 Å². The highest BCUT2D eigenvalue weighted by atomic mass is 15.1. The lowest BCUT2D eigenvalue weighted by Gasteiger charge is -2.31. The summed E-state index contributed by atoms with van der Waals surface area (Å²) >= 11 is 0. The van der Waals surface area contributed by atoms with Gasteiger partial charge in [-0.25, -0.2) is 0 Å². The van der Waals surface area contributed by atoms with Crippen LogP contribution in [0, 0.1) is 0 Å². The van der Waals surface area contributed by atoms with Gasteiger partial charge < -0.3 is 9.47 Å². The smallest absolute Gasteiger partial charge is 0.0624 e. The molecular weight excluding hydrogens is 701 g/mol. The van der Waals surface area contributed by atoms with Crippen LogP contribution in [0.3, 0.4) is 0 Å². The Bertz CT molecular complexity index is 3220. The number of para-hydroxylation sites is 3. The maximum atomic E-state index is 2.46. The third kappa shape index (κ3) is 5.66. The third-order valence-corrected chi connectivity index (χ3v) is 11.5. The van der Waals surface area contributed by atoms with E-state index in [4.69, 9.17) is 0 Å². The zero-order valence-corrected chi connectivity index (χ0v) is 31.8. The molecule has 0 bridgehead atoms. The lowest BCUT2D eigenvalue weighted by atomic mass is 9.88. The second-order valence-corrected chi connectivity index (χ2v) is 14.9. The average molecular weight is 739 g/mol. The van der Waals surface area contributed by atoms with Gasteiger partial charge in [0.15, 0.2) is 0 Å². The fourth-order valence-corrected chi connectivity index (χ4v) is 8.95. The Morgan fingerprint density at radius 1 is 0.276 bits per heavy atom. The first-order chi connectivity index (χ1) is 28.8. The topological polar surface area (TPSA) is 8.17 Å². The van der Waals surface area contributed by atoms with Crippen LogP contribution in [0.2, 0.25) is 0 Å². The minimum Gasteiger partial charge on any atom is -0.309 e. The number of hydrogen-bond donors (Lipinski definition) is 0. The Hall–Kier alpha value is -7.68. The summed E-state index contributed by atoms with van der Waals surface area (Å²) in [7, 11) is 0. The van der Waals surface area contributed by atoms with Crippen LogP contribution >= 0.6 is 0 Å². The van der Waals surface area contributed by atoms with E-state index >= 15 is 0 Å². The predicted octanol–water partition coefficient (Wildman–Crippen LogP) is 15.6. The van der Waals surface area contributed by atoms with Crippen LogP contribution in [-0.4, -0.2) is 4.57 Å². The van der Waals surface area contributed by atoms with Gasteiger partial charge in [0.2, 0.25) is 0 Å². The first-order valence-corrected chi connectivity index (χ1v) is 19.9. The first-order valence-electron chi connectivity index (χ1n) is 19.9. The van der Waals surface area contributed by atoms with E-state index in [9.17, 15) is 0 Å². The van der Waals surface area contributed by atoms with Crippen molar-refractivity contribution in [3.05, 3.63) is 231 Å². The van der Waals surface area contributed by atoms with E-state index in [0.717, 1.165) is 22.7 Å². The van der Waals surface area contributed by atoms with Gasteiger partial charge in [-0.05, 0) is 105 Å². The van der Waals surface area contributed by atoms with Crippen molar-refractivity contribution in [1.29, 1.82) is 0 Å². The molecule has 0 atom stereocenters. The Balaban J connectivity index is 1.14. The van der Waals surface area contributed by atoms with Crippen LogP contribution in [0.15, 0.2) is 231 Å². The summed E-state index contributed by atoms with van der Waals surface area (Å²) < 4.78 is 2.39. The number of rotatable bonds is 7. The van der Waals surface area contributed by atoms with Crippen LogP contribution in [0.5, 0.6) is 0 Å². The molecule has 1 heterocycles. The predicted molar refractivity (Wildman–Crippen MR) is 247 cm³/mol. The van der Waals surface area contributed by atoms with Gasteiger partial charge in [-0.2, -0.15) is 0 Å². The Kier molecular flexibility index (Phi) is 8.19. The molecule has 0 spiro atoms. The van der Waals surface area contributed by atoms with Gasteiger partial charge in [-0.1, -0.05) is 170 Å². The van der Waals surface area contributed by atoms with Gasteiger partial charge in [-0.15, -0.1) is 0 Å². The van der Waals surface area contributed by atoms with Gasteiger partial charge in [0.25, 0.3) is 0 Å². The number of hydrogen-bond acceptors (Lipinski definition) is 1. The molecule has 2 nitrogen and oxygen atoms in total. The molecule has 0 aliphatic rings.